The van der Waals surface area contributed by atoms with Crippen LogP contribution in [0.25, 0.3) is 0 Å². The highest BCUT2D eigenvalue weighted by Crippen LogP contribution is 2.19. The van der Waals surface area contributed by atoms with Crippen LogP contribution in [0.4, 0.5) is 0 Å². The number of aryl methyl sites for hydroxylation is 1. The van der Waals surface area contributed by atoms with Gasteiger partial charge in [0.15, 0.2) is 0 Å². The van der Waals surface area contributed by atoms with Crippen LogP contribution < -0.4 is 0 Å². The lowest BCUT2D eigenvalue weighted by Crippen LogP contribution is -2.45. The van der Waals surface area contributed by atoms with Crippen LogP contribution in [0.1, 0.15) is 21.0 Å². The summed E-state index contributed by atoms with van der Waals surface area (Å²) in [5, 5.41) is 8.76. The van der Waals surface area contributed by atoms with Gasteiger partial charge >= 0.3 is 0 Å². The molecule has 24 heavy (non-hydrogen) atoms. The maximum atomic E-state index is 8.76. The van der Waals surface area contributed by atoms with Crippen molar-refractivity contribution in [3.63, 3.8) is 0 Å². The molecule has 0 unspecified atom stereocenters. The Kier molecular flexibility index (Phi) is 6.00. The van der Waals surface area contributed by atoms with E-state index in [1.807, 2.05) is 18.3 Å². The molecule has 4 nitrogen and oxygen atoms in total. The maximum Gasteiger partial charge on any atom is 0.104 e. The second kappa shape index (κ2) is 8.41. The van der Waals surface area contributed by atoms with E-state index < -0.39 is 0 Å². The van der Waals surface area contributed by atoms with Crippen molar-refractivity contribution < 1.29 is 5.11 Å². The quantitative estimate of drug-likeness (QED) is 0.865. The number of nitrogens with zero attached hydrogens (tertiary/aromatic N) is 3. The minimum atomic E-state index is -0.0784. The van der Waals surface area contributed by atoms with Crippen molar-refractivity contribution in [2.45, 2.75) is 20.0 Å². The monoisotopic (exact) mass is 341 g/mol. The normalized spacial score (nSPS) is 15.9. The topological polar surface area (TPSA) is 39.6 Å². The third-order valence-corrected chi connectivity index (χ3v) is 5.27. The van der Waals surface area contributed by atoms with Gasteiger partial charge in [0.1, 0.15) is 6.61 Å². The molecule has 0 amide bonds. The number of thiophene rings is 1. The van der Waals surface area contributed by atoms with Crippen LogP contribution in [0.2, 0.25) is 0 Å². The number of aliphatic hydroxyl groups excluding tert-OH is 1. The van der Waals surface area contributed by atoms with Gasteiger partial charge in [-0.2, -0.15) is 0 Å². The molecule has 1 aliphatic heterocycles. The van der Waals surface area contributed by atoms with E-state index in [-0.39, 0.29) is 6.61 Å². The summed E-state index contributed by atoms with van der Waals surface area (Å²) < 4.78 is 0. The highest BCUT2D eigenvalue weighted by Gasteiger charge is 2.18. The highest BCUT2D eigenvalue weighted by molar-refractivity contribution is 7.12. The fourth-order valence-corrected chi connectivity index (χ4v) is 3.80. The number of rotatable bonds is 4. The molecule has 0 atom stereocenters. The number of aliphatic hydroxyl groups is 1. The van der Waals surface area contributed by atoms with E-state index in [0.717, 1.165) is 44.1 Å². The molecule has 0 aromatic carbocycles. The third kappa shape index (κ3) is 4.65. The van der Waals surface area contributed by atoms with Gasteiger partial charge < -0.3 is 5.11 Å². The Bertz CT molecular complexity index is 723. The highest BCUT2D eigenvalue weighted by atomic mass is 32.1. The zero-order valence-electron chi connectivity index (χ0n) is 14.0. The number of hydrogen-bond donors (Lipinski definition) is 1. The van der Waals surface area contributed by atoms with Crippen molar-refractivity contribution in [3.8, 4) is 11.8 Å². The van der Waals surface area contributed by atoms with Crippen LogP contribution in [0.15, 0.2) is 30.5 Å². The summed E-state index contributed by atoms with van der Waals surface area (Å²) in [5.74, 6) is 5.68. The first-order chi connectivity index (χ1) is 11.7. The predicted octanol–water partition coefficient (Wildman–Crippen LogP) is 2.11. The van der Waals surface area contributed by atoms with Gasteiger partial charge in [0.05, 0.1) is 10.6 Å². The first kappa shape index (κ1) is 17.1. The lowest BCUT2D eigenvalue weighted by atomic mass is 10.2. The number of aromatic nitrogens is 1. The molecular formula is C19H23N3OS. The molecule has 0 aliphatic carbocycles. The van der Waals surface area contributed by atoms with Gasteiger partial charge in [0, 0.05) is 50.3 Å². The molecule has 0 bridgehead atoms. The van der Waals surface area contributed by atoms with E-state index in [9.17, 15) is 0 Å². The van der Waals surface area contributed by atoms with Gasteiger partial charge in [0.25, 0.3) is 0 Å². The van der Waals surface area contributed by atoms with Crippen molar-refractivity contribution in [2.24, 2.45) is 0 Å². The predicted molar refractivity (Wildman–Crippen MR) is 97.8 cm³/mol. The van der Waals surface area contributed by atoms with Crippen molar-refractivity contribution in [1.29, 1.82) is 0 Å². The molecule has 0 spiro atoms. The maximum absolute atomic E-state index is 8.76. The fraction of sp³-hybridized carbons (Fsp3) is 0.421. The smallest absolute Gasteiger partial charge is 0.104 e. The van der Waals surface area contributed by atoms with Crippen molar-refractivity contribution in [1.82, 2.24) is 14.8 Å². The van der Waals surface area contributed by atoms with Crippen LogP contribution in [0, 0.1) is 18.8 Å². The Morgan fingerprint density at radius 3 is 2.58 bits per heavy atom. The number of piperazine rings is 1. The molecule has 2 aromatic heterocycles. The van der Waals surface area contributed by atoms with E-state index in [1.54, 1.807) is 11.3 Å². The van der Waals surface area contributed by atoms with Gasteiger partial charge in [-0.15, -0.1) is 11.3 Å². The van der Waals surface area contributed by atoms with Gasteiger partial charge in [0.2, 0.25) is 0 Å². The first-order valence-electron chi connectivity index (χ1n) is 8.28. The second-order valence-electron chi connectivity index (χ2n) is 6.05. The Morgan fingerprint density at radius 2 is 1.88 bits per heavy atom. The molecule has 3 heterocycles. The third-order valence-electron chi connectivity index (χ3n) is 4.29. The largest absolute Gasteiger partial charge is 0.384 e. The van der Waals surface area contributed by atoms with Gasteiger partial charge in [-0.1, -0.05) is 17.9 Å². The zero-order chi connectivity index (χ0) is 16.8. The van der Waals surface area contributed by atoms with Crippen LogP contribution in [-0.2, 0) is 13.1 Å². The molecule has 0 radical (unpaired) electrons. The van der Waals surface area contributed by atoms with Gasteiger partial charge in [-0.25, -0.2) is 0 Å². The summed E-state index contributed by atoms with van der Waals surface area (Å²) in [6, 6.07) is 8.32. The summed E-state index contributed by atoms with van der Waals surface area (Å²) in [6.45, 7) is 8.32. The summed E-state index contributed by atoms with van der Waals surface area (Å²) in [5.41, 5.74) is 2.46. The van der Waals surface area contributed by atoms with Gasteiger partial charge in [-0.05, 0) is 30.7 Å². The standard InChI is InChI=1S/C19H23N3OS/c1-16-4-2-8-20-19(16)15-22-11-9-21(10-12-22)14-18-7-6-17(24-18)5-3-13-23/h2,4,6-8,23H,9-15H2,1H3. The molecule has 5 heteroatoms. The van der Waals surface area contributed by atoms with E-state index >= 15 is 0 Å². The summed E-state index contributed by atoms with van der Waals surface area (Å²) in [7, 11) is 0. The average molecular weight is 341 g/mol. The second-order valence-corrected chi connectivity index (χ2v) is 7.21. The summed E-state index contributed by atoms with van der Waals surface area (Å²) >= 11 is 1.72. The van der Waals surface area contributed by atoms with Crippen molar-refractivity contribution in [2.75, 3.05) is 32.8 Å². The summed E-state index contributed by atoms with van der Waals surface area (Å²) in [6.07, 6.45) is 1.88. The minimum Gasteiger partial charge on any atom is -0.384 e. The molecule has 1 fully saturated rings. The number of hydrogen-bond acceptors (Lipinski definition) is 5. The van der Waals surface area contributed by atoms with Crippen molar-refractivity contribution >= 4 is 11.3 Å². The Morgan fingerprint density at radius 1 is 1.12 bits per heavy atom. The lowest BCUT2D eigenvalue weighted by molar-refractivity contribution is 0.121. The molecule has 1 N–H and O–H groups in total. The van der Waals surface area contributed by atoms with E-state index in [4.69, 9.17) is 5.11 Å². The van der Waals surface area contributed by atoms with Crippen LogP contribution >= 0.6 is 11.3 Å². The van der Waals surface area contributed by atoms with E-state index in [1.165, 1.54) is 16.1 Å². The Labute approximate surface area is 147 Å². The minimum absolute atomic E-state index is 0.0784. The fourth-order valence-electron chi connectivity index (χ4n) is 2.88. The Balaban J connectivity index is 1.48. The molecule has 2 aromatic rings. The molecule has 3 rings (SSSR count). The molecule has 126 valence electrons. The molecular weight excluding hydrogens is 318 g/mol. The zero-order valence-corrected chi connectivity index (χ0v) is 14.9. The van der Waals surface area contributed by atoms with Crippen LogP contribution in [-0.4, -0.2) is 52.7 Å². The average Bonchev–Trinajstić information content (AvgIpc) is 3.04. The Hall–Kier alpha value is -1.71. The summed E-state index contributed by atoms with van der Waals surface area (Å²) in [4.78, 5) is 11.9. The molecule has 0 saturated carbocycles. The lowest BCUT2D eigenvalue weighted by Gasteiger charge is -2.34. The molecule has 1 saturated heterocycles. The van der Waals surface area contributed by atoms with Crippen LogP contribution in [0.3, 0.4) is 0 Å². The van der Waals surface area contributed by atoms with Crippen LogP contribution in [0.5, 0.6) is 0 Å². The first-order valence-corrected chi connectivity index (χ1v) is 9.10. The molecule has 1 aliphatic rings. The number of pyridine rings is 1. The SMILES string of the molecule is Cc1cccnc1CN1CCN(Cc2ccc(C#CCO)s2)CC1. The van der Waals surface area contributed by atoms with Gasteiger partial charge in [-0.3, -0.25) is 14.8 Å². The van der Waals surface area contributed by atoms with Crippen molar-refractivity contribution in [3.05, 3.63) is 51.5 Å². The van der Waals surface area contributed by atoms with E-state index in [2.05, 4.69) is 45.7 Å². The van der Waals surface area contributed by atoms with E-state index in [0.29, 0.717) is 0 Å².